The normalized spacial score (nSPS) is 22.1. The molecule has 1 aromatic rings. The Hall–Kier alpha value is -0.160. The van der Waals surface area contributed by atoms with E-state index in [1.807, 2.05) is 0 Å². The number of alkyl halides is 1. The number of thiazole rings is 1. The summed E-state index contributed by atoms with van der Waals surface area (Å²) >= 11 is 7.56. The number of halogens is 1. The molecule has 0 atom stereocenters. The third-order valence-electron chi connectivity index (χ3n) is 4.80. The Morgan fingerprint density at radius 2 is 1.90 bits per heavy atom. The van der Waals surface area contributed by atoms with Crippen LogP contribution in [0, 0.1) is 5.92 Å². The van der Waals surface area contributed by atoms with Crippen molar-refractivity contribution in [3.63, 3.8) is 0 Å². The quantitative estimate of drug-likeness (QED) is 0.748. The number of piperidine rings is 1. The lowest BCUT2D eigenvalue weighted by Gasteiger charge is -2.33. The fourth-order valence-electron chi connectivity index (χ4n) is 3.50. The van der Waals surface area contributed by atoms with Gasteiger partial charge < -0.3 is 9.80 Å². The van der Waals surface area contributed by atoms with Gasteiger partial charge in [0.25, 0.3) is 0 Å². The van der Waals surface area contributed by atoms with Crippen LogP contribution in [0.3, 0.4) is 0 Å². The van der Waals surface area contributed by atoms with Gasteiger partial charge in [0.1, 0.15) is 0 Å². The Balaban J connectivity index is 1.35. The van der Waals surface area contributed by atoms with Crippen molar-refractivity contribution in [3.8, 4) is 0 Å². The van der Waals surface area contributed by atoms with E-state index < -0.39 is 0 Å². The van der Waals surface area contributed by atoms with Crippen LogP contribution in [0.5, 0.6) is 0 Å². The zero-order chi connectivity index (χ0) is 14.5. The van der Waals surface area contributed by atoms with E-state index in [1.54, 1.807) is 11.3 Å². The molecule has 0 amide bonds. The number of likely N-dealkylation sites (tertiary alicyclic amines) is 2. The van der Waals surface area contributed by atoms with E-state index in [0.717, 1.165) is 24.6 Å². The Bertz CT molecular complexity index is 423. The number of nitrogens with zero attached hydrogens (tertiary/aromatic N) is 3. The summed E-state index contributed by atoms with van der Waals surface area (Å²) in [5, 5.41) is 3.33. The van der Waals surface area contributed by atoms with Crippen molar-refractivity contribution in [2.45, 2.75) is 38.0 Å². The van der Waals surface area contributed by atoms with Gasteiger partial charge >= 0.3 is 0 Å². The molecular formula is C16H26ClN3S. The predicted molar refractivity (Wildman–Crippen MR) is 90.2 cm³/mol. The van der Waals surface area contributed by atoms with Gasteiger partial charge in [0.05, 0.1) is 16.6 Å². The first-order valence-corrected chi connectivity index (χ1v) is 9.69. The standard InChI is InChI=1S/C16H26ClN3S/c17-11-15-13-21-16(18-15)5-10-19-8-3-14(4-9-19)12-20-6-1-2-7-20/h13-14H,1-12H2. The molecule has 5 heteroatoms. The zero-order valence-electron chi connectivity index (χ0n) is 12.8. The highest BCUT2D eigenvalue weighted by Crippen LogP contribution is 2.21. The molecule has 21 heavy (non-hydrogen) atoms. The average molecular weight is 328 g/mol. The van der Waals surface area contributed by atoms with E-state index >= 15 is 0 Å². The Morgan fingerprint density at radius 3 is 2.57 bits per heavy atom. The van der Waals surface area contributed by atoms with Crippen molar-refractivity contribution < 1.29 is 0 Å². The monoisotopic (exact) mass is 327 g/mol. The van der Waals surface area contributed by atoms with Crippen molar-refractivity contribution in [2.24, 2.45) is 5.92 Å². The van der Waals surface area contributed by atoms with E-state index in [2.05, 4.69) is 20.2 Å². The summed E-state index contributed by atoms with van der Waals surface area (Å²) in [5.74, 6) is 1.47. The minimum atomic E-state index is 0.540. The second-order valence-corrected chi connectivity index (χ2v) is 7.62. The number of hydrogen-bond donors (Lipinski definition) is 0. The lowest BCUT2D eigenvalue weighted by Crippen LogP contribution is -2.38. The van der Waals surface area contributed by atoms with Crippen molar-refractivity contribution >= 4 is 22.9 Å². The van der Waals surface area contributed by atoms with Crippen LogP contribution in [0.1, 0.15) is 36.4 Å². The molecule has 0 aromatic carbocycles. The number of hydrogen-bond acceptors (Lipinski definition) is 4. The SMILES string of the molecule is ClCc1csc(CCN2CCC(CN3CCCC3)CC2)n1. The van der Waals surface area contributed by atoms with Crippen molar-refractivity contribution in [3.05, 3.63) is 16.1 Å². The van der Waals surface area contributed by atoms with Crippen LogP contribution in [0.2, 0.25) is 0 Å². The van der Waals surface area contributed by atoms with Crippen LogP contribution >= 0.6 is 22.9 Å². The molecule has 0 aliphatic carbocycles. The summed E-state index contributed by atoms with van der Waals surface area (Å²) in [7, 11) is 0. The van der Waals surface area contributed by atoms with Gasteiger partial charge in [-0.2, -0.15) is 0 Å². The van der Waals surface area contributed by atoms with Gasteiger partial charge in [-0.25, -0.2) is 4.98 Å². The predicted octanol–water partition coefficient (Wildman–Crippen LogP) is 3.23. The molecule has 3 heterocycles. The average Bonchev–Trinajstić information content (AvgIpc) is 3.18. The highest BCUT2D eigenvalue weighted by atomic mass is 35.5. The van der Waals surface area contributed by atoms with E-state index in [4.69, 9.17) is 11.6 Å². The van der Waals surface area contributed by atoms with Gasteiger partial charge in [-0.1, -0.05) is 0 Å². The molecule has 0 saturated carbocycles. The summed E-state index contributed by atoms with van der Waals surface area (Å²) < 4.78 is 0. The Morgan fingerprint density at radius 1 is 1.14 bits per heavy atom. The summed E-state index contributed by atoms with van der Waals surface area (Å²) in [4.78, 5) is 9.83. The molecule has 0 radical (unpaired) electrons. The smallest absolute Gasteiger partial charge is 0.0941 e. The molecule has 118 valence electrons. The van der Waals surface area contributed by atoms with Gasteiger partial charge in [-0.15, -0.1) is 22.9 Å². The molecule has 0 N–H and O–H groups in total. The summed E-state index contributed by atoms with van der Waals surface area (Å²) in [6, 6.07) is 0. The van der Waals surface area contributed by atoms with E-state index in [1.165, 1.54) is 63.4 Å². The first-order chi connectivity index (χ1) is 10.3. The minimum Gasteiger partial charge on any atom is -0.303 e. The molecule has 2 fully saturated rings. The number of aromatic nitrogens is 1. The molecule has 0 spiro atoms. The van der Waals surface area contributed by atoms with Gasteiger partial charge in [-0.05, 0) is 57.8 Å². The second-order valence-electron chi connectivity index (χ2n) is 6.41. The molecule has 2 aliphatic rings. The van der Waals surface area contributed by atoms with E-state index in [9.17, 15) is 0 Å². The van der Waals surface area contributed by atoms with Crippen LogP contribution in [-0.2, 0) is 12.3 Å². The maximum absolute atomic E-state index is 5.80. The van der Waals surface area contributed by atoms with E-state index in [0.29, 0.717) is 5.88 Å². The molecule has 2 saturated heterocycles. The third kappa shape index (κ3) is 4.65. The van der Waals surface area contributed by atoms with Gasteiger partial charge in [0.15, 0.2) is 0 Å². The maximum Gasteiger partial charge on any atom is 0.0941 e. The topological polar surface area (TPSA) is 19.4 Å². The minimum absolute atomic E-state index is 0.540. The van der Waals surface area contributed by atoms with Crippen LogP contribution in [0.15, 0.2) is 5.38 Å². The third-order valence-corrected chi connectivity index (χ3v) is 6.03. The molecule has 0 bridgehead atoms. The molecule has 1 aromatic heterocycles. The highest BCUT2D eigenvalue weighted by molar-refractivity contribution is 7.09. The largest absolute Gasteiger partial charge is 0.303 e. The Labute approximate surface area is 137 Å². The Kier molecular flexibility index (Phi) is 5.92. The molecule has 3 rings (SSSR count). The lowest BCUT2D eigenvalue weighted by atomic mass is 9.96. The van der Waals surface area contributed by atoms with Crippen LogP contribution < -0.4 is 0 Å². The maximum atomic E-state index is 5.80. The second kappa shape index (κ2) is 7.91. The van der Waals surface area contributed by atoms with Crippen molar-refractivity contribution in [1.82, 2.24) is 14.8 Å². The van der Waals surface area contributed by atoms with E-state index in [-0.39, 0.29) is 0 Å². The first kappa shape index (κ1) is 15.7. The van der Waals surface area contributed by atoms with Crippen LogP contribution in [-0.4, -0.2) is 54.1 Å². The molecule has 2 aliphatic heterocycles. The zero-order valence-corrected chi connectivity index (χ0v) is 14.3. The fraction of sp³-hybridized carbons (Fsp3) is 0.812. The first-order valence-electron chi connectivity index (χ1n) is 8.27. The van der Waals surface area contributed by atoms with Crippen LogP contribution in [0.25, 0.3) is 0 Å². The summed E-state index contributed by atoms with van der Waals surface area (Å²) in [6.07, 6.45) is 6.66. The summed E-state index contributed by atoms with van der Waals surface area (Å²) in [6.45, 7) is 7.73. The fourth-order valence-corrected chi connectivity index (χ4v) is 4.52. The lowest BCUT2D eigenvalue weighted by molar-refractivity contribution is 0.155. The van der Waals surface area contributed by atoms with Gasteiger partial charge in [0.2, 0.25) is 0 Å². The molecule has 3 nitrogen and oxygen atoms in total. The van der Waals surface area contributed by atoms with Crippen molar-refractivity contribution in [1.29, 1.82) is 0 Å². The summed E-state index contributed by atoms with van der Waals surface area (Å²) in [5.41, 5.74) is 1.03. The van der Waals surface area contributed by atoms with Gasteiger partial charge in [-0.3, -0.25) is 0 Å². The van der Waals surface area contributed by atoms with Crippen LogP contribution in [0.4, 0.5) is 0 Å². The highest BCUT2D eigenvalue weighted by Gasteiger charge is 2.22. The molecule has 0 unspecified atom stereocenters. The number of rotatable bonds is 6. The van der Waals surface area contributed by atoms with Crippen molar-refractivity contribution in [2.75, 3.05) is 39.3 Å². The molecular weight excluding hydrogens is 302 g/mol. The van der Waals surface area contributed by atoms with Gasteiger partial charge in [0, 0.05) is 24.9 Å².